The van der Waals surface area contributed by atoms with Crippen LogP contribution in [-0.2, 0) is 43.3 Å². The van der Waals surface area contributed by atoms with Crippen molar-refractivity contribution in [2.45, 2.75) is 74.9 Å². The van der Waals surface area contributed by atoms with Gasteiger partial charge in [0, 0.05) is 11.9 Å². The summed E-state index contributed by atoms with van der Waals surface area (Å²) in [5.74, 6) is -2.81. The molecule has 0 radical (unpaired) electrons. The molecular weight excluding hydrogens is 532 g/mol. The summed E-state index contributed by atoms with van der Waals surface area (Å²) in [7, 11) is -3.86. The summed E-state index contributed by atoms with van der Waals surface area (Å²) in [6, 6.07) is 10.4. The number of carbonyl (C=O) groups is 2. The molecule has 3 aliphatic rings. The second-order valence-electron chi connectivity index (χ2n) is 10.2. The molecule has 3 saturated heterocycles. The van der Waals surface area contributed by atoms with E-state index in [1.807, 2.05) is 0 Å². The highest BCUT2D eigenvalue weighted by Crippen LogP contribution is 2.44. The molecule has 5 unspecified atom stereocenters. The minimum atomic E-state index is -3.86. The number of sulfonamides is 1. The summed E-state index contributed by atoms with van der Waals surface area (Å²) in [4.78, 5) is 29.5. The van der Waals surface area contributed by atoms with Crippen LogP contribution in [0.5, 0.6) is 0 Å². The van der Waals surface area contributed by atoms with Crippen molar-refractivity contribution in [3.63, 3.8) is 0 Å². The predicted molar refractivity (Wildman–Crippen MR) is 136 cm³/mol. The number of ether oxygens (including phenoxy) is 5. The van der Waals surface area contributed by atoms with Gasteiger partial charge in [0.25, 0.3) is 15.9 Å². The van der Waals surface area contributed by atoms with Crippen molar-refractivity contribution in [2.75, 3.05) is 16.6 Å². The number of fused-ring (bicyclic) bond motifs is 3. The summed E-state index contributed by atoms with van der Waals surface area (Å²) >= 11 is 0. The molecule has 0 aliphatic carbocycles. The summed E-state index contributed by atoms with van der Waals surface area (Å²) in [6.07, 6.45) is -2.42. The van der Waals surface area contributed by atoms with Gasteiger partial charge in [-0.2, -0.15) is 0 Å². The van der Waals surface area contributed by atoms with Crippen LogP contribution in [0.2, 0.25) is 0 Å². The highest BCUT2D eigenvalue weighted by molar-refractivity contribution is 7.92. The molecule has 5 rings (SSSR count). The summed E-state index contributed by atoms with van der Waals surface area (Å²) in [5, 5.41) is 5.17. The number of anilines is 2. The molecule has 0 bridgehead atoms. The third kappa shape index (κ3) is 6.05. The second-order valence-corrected chi connectivity index (χ2v) is 11.9. The Morgan fingerprint density at radius 2 is 1.56 bits per heavy atom. The maximum atomic E-state index is 13.0. The normalized spacial score (nSPS) is 28.7. The summed E-state index contributed by atoms with van der Waals surface area (Å²) in [5.41, 5.74) is 0.343. The molecule has 2 aromatic rings. The second kappa shape index (κ2) is 10.1. The standard InChI is InChI=1S/C25H30N4O9S/c1-24(2)35-18-19(36-24)21-23(38-25(3,4)37-21)34-20(18)22(31)27-13-17(30)28-14-8-10-15(11-9-14)39(32,33)29-16-7-5-6-12-26-16/h5-12,18-21,23H,13H2,1-4H3,(H,26,29)(H,27,31)(H,28,30). The number of nitrogens with zero attached hydrogens (tertiary/aromatic N) is 1. The van der Waals surface area contributed by atoms with E-state index in [0.717, 1.165) is 0 Å². The molecule has 2 amide bonds. The number of carbonyl (C=O) groups excluding carboxylic acids is 2. The Morgan fingerprint density at radius 3 is 2.26 bits per heavy atom. The monoisotopic (exact) mass is 562 g/mol. The lowest BCUT2D eigenvalue weighted by Crippen LogP contribution is -2.59. The van der Waals surface area contributed by atoms with Crippen molar-refractivity contribution in [1.82, 2.24) is 10.3 Å². The maximum Gasteiger partial charge on any atom is 0.263 e. The van der Waals surface area contributed by atoms with E-state index in [0.29, 0.717) is 5.69 Å². The fourth-order valence-electron chi connectivity index (χ4n) is 4.63. The van der Waals surface area contributed by atoms with Crippen LogP contribution in [0.25, 0.3) is 0 Å². The first-order chi connectivity index (χ1) is 18.3. The average Bonchev–Trinajstić information content (AvgIpc) is 3.36. The molecule has 3 aliphatic heterocycles. The van der Waals surface area contributed by atoms with E-state index in [-0.39, 0.29) is 17.3 Å². The van der Waals surface area contributed by atoms with Crippen molar-refractivity contribution < 1.29 is 41.7 Å². The number of nitrogens with one attached hydrogen (secondary N) is 3. The molecule has 4 heterocycles. The Hall–Kier alpha value is -3.14. The van der Waals surface area contributed by atoms with Gasteiger partial charge in [-0.15, -0.1) is 0 Å². The molecule has 0 spiro atoms. The topological polar surface area (TPSA) is 163 Å². The van der Waals surface area contributed by atoms with Gasteiger partial charge in [-0.25, -0.2) is 13.4 Å². The zero-order valence-electron chi connectivity index (χ0n) is 21.7. The minimum absolute atomic E-state index is 0.00949. The van der Waals surface area contributed by atoms with Gasteiger partial charge < -0.3 is 34.3 Å². The van der Waals surface area contributed by atoms with Crippen molar-refractivity contribution in [1.29, 1.82) is 0 Å². The zero-order valence-corrected chi connectivity index (χ0v) is 22.6. The molecule has 5 atom stereocenters. The van der Waals surface area contributed by atoms with Gasteiger partial charge in [0.1, 0.15) is 24.1 Å². The zero-order chi connectivity index (χ0) is 28.0. The number of rotatable bonds is 7. The van der Waals surface area contributed by atoms with E-state index in [2.05, 4.69) is 20.3 Å². The van der Waals surface area contributed by atoms with Crippen molar-refractivity contribution in [3.05, 3.63) is 48.7 Å². The summed E-state index contributed by atoms with van der Waals surface area (Å²) in [6.45, 7) is 6.58. The lowest BCUT2D eigenvalue weighted by molar-refractivity contribution is -0.231. The molecule has 1 aromatic carbocycles. The molecule has 39 heavy (non-hydrogen) atoms. The Bertz CT molecular complexity index is 1340. The molecule has 14 heteroatoms. The van der Waals surface area contributed by atoms with Gasteiger partial charge in [-0.1, -0.05) is 6.07 Å². The number of hydrogen-bond donors (Lipinski definition) is 3. The first-order valence-corrected chi connectivity index (χ1v) is 13.8. The molecule has 1 aromatic heterocycles. The molecule has 3 fully saturated rings. The van der Waals surface area contributed by atoms with E-state index < -0.39 is 64.1 Å². The van der Waals surface area contributed by atoms with Crippen LogP contribution in [0.1, 0.15) is 27.7 Å². The fraction of sp³-hybridized carbons (Fsp3) is 0.480. The van der Waals surface area contributed by atoms with Crippen LogP contribution in [0.3, 0.4) is 0 Å². The SMILES string of the molecule is CC1(C)OC2OC(C(=O)NCC(=O)Nc3ccc(S(=O)(=O)Nc4ccccn4)cc3)C3OC(C)(C)OC3C2O1. The van der Waals surface area contributed by atoms with Gasteiger partial charge in [0.2, 0.25) is 5.91 Å². The first-order valence-electron chi connectivity index (χ1n) is 12.3. The predicted octanol–water partition coefficient (Wildman–Crippen LogP) is 1.33. The Balaban J connectivity index is 1.17. The number of pyridine rings is 1. The van der Waals surface area contributed by atoms with Crippen LogP contribution >= 0.6 is 0 Å². The van der Waals surface area contributed by atoms with E-state index in [4.69, 9.17) is 23.7 Å². The van der Waals surface area contributed by atoms with Gasteiger partial charge in [0.05, 0.1) is 11.4 Å². The number of hydrogen-bond acceptors (Lipinski definition) is 10. The van der Waals surface area contributed by atoms with Crippen molar-refractivity contribution in [3.8, 4) is 0 Å². The van der Waals surface area contributed by atoms with E-state index in [9.17, 15) is 18.0 Å². The number of aromatic nitrogens is 1. The quantitative estimate of drug-likeness (QED) is 0.449. The van der Waals surface area contributed by atoms with E-state index in [1.54, 1.807) is 39.8 Å². The first kappa shape index (κ1) is 27.4. The van der Waals surface area contributed by atoms with Crippen LogP contribution in [0, 0.1) is 0 Å². The molecule has 3 N–H and O–H groups in total. The van der Waals surface area contributed by atoms with E-state index in [1.165, 1.54) is 36.5 Å². The highest BCUT2D eigenvalue weighted by atomic mass is 32.2. The van der Waals surface area contributed by atoms with Crippen LogP contribution in [0.15, 0.2) is 53.6 Å². The average molecular weight is 563 g/mol. The molecular formula is C25H30N4O9S. The van der Waals surface area contributed by atoms with Gasteiger partial charge in [-0.3, -0.25) is 14.3 Å². The maximum absolute atomic E-state index is 13.0. The lowest BCUT2D eigenvalue weighted by Gasteiger charge is -2.36. The Labute approximate surface area is 225 Å². The summed E-state index contributed by atoms with van der Waals surface area (Å²) < 4.78 is 57.0. The highest BCUT2D eigenvalue weighted by Gasteiger charge is 2.62. The van der Waals surface area contributed by atoms with Crippen LogP contribution in [-0.4, -0.2) is 74.0 Å². The minimum Gasteiger partial charge on any atom is -0.345 e. The van der Waals surface area contributed by atoms with Crippen molar-refractivity contribution in [2.24, 2.45) is 0 Å². The smallest absolute Gasteiger partial charge is 0.263 e. The fourth-order valence-corrected chi connectivity index (χ4v) is 5.64. The Kier molecular flexibility index (Phi) is 7.11. The van der Waals surface area contributed by atoms with Crippen LogP contribution < -0.4 is 15.4 Å². The van der Waals surface area contributed by atoms with Gasteiger partial charge in [0.15, 0.2) is 24.0 Å². The number of benzene rings is 1. The molecule has 210 valence electrons. The van der Waals surface area contributed by atoms with Gasteiger partial charge in [-0.05, 0) is 64.1 Å². The lowest BCUT2D eigenvalue weighted by atomic mass is 9.98. The molecule has 13 nitrogen and oxygen atoms in total. The largest absolute Gasteiger partial charge is 0.345 e. The van der Waals surface area contributed by atoms with Gasteiger partial charge >= 0.3 is 0 Å². The Morgan fingerprint density at radius 1 is 0.897 bits per heavy atom. The third-order valence-electron chi connectivity index (χ3n) is 6.19. The van der Waals surface area contributed by atoms with Crippen molar-refractivity contribution >= 4 is 33.3 Å². The number of amides is 2. The van der Waals surface area contributed by atoms with E-state index >= 15 is 0 Å². The molecule has 0 saturated carbocycles. The van der Waals surface area contributed by atoms with Crippen LogP contribution in [0.4, 0.5) is 11.5 Å². The third-order valence-corrected chi connectivity index (χ3v) is 7.56.